The van der Waals surface area contributed by atoms with Gasteiger partial charge in [-0.1, -0.05) is 6.08 Å². The minimum atomic E-state index is -6.10. The van der Waals surface area contributed by atoms with E-state index in [1.54, 1.807) is 0 Å². The minimum absolute atomic E-state index is 0.641. The molecule has 0 bridgehead atoms. The first-order chi connectivity index (χ1) is 12.7. The number of nitrogen functional groups attached to an aromatic ring is 1. The van der Waals surface area contributed by atoms with Crippen LogP contribution in [-0.4, -0.2) is 22.3 Å². The third-order valence-corrected chi connectivity index (χ3v) is 6.48. The van der Waals surface area contributed by atoms with Gasteiger partial charge in [0.2, 0.25) is 0 Å². The molecule has 2 N–H and O–H groups in total. The van der Waals surface area contributed by atoms with Crippen molar-refractivity contribution in [2.45, 2.75) is 12.3 Å². The highest BCUT2D eigenvalue weighted by atomic mass is 31.3. The Morgan fingerprint density at radius 3 is 2.43 bits per heavy atom. The molecule has 0 saturated heterocycles. The first-order valence-corrected chi connectivity index (χ1v) is 11.1. The molecule has 1 aromatic heterocycles. The molecule has 158 valence electrons. The molecular formula is C9H9FN3O12P3-4. The molecule has 2 rings (SSSR count). The summed E-state index contributed by atoms with van der Waals surface area (Å²) in [5.41, 5.74) is 4.15. The fourth-order valence-electron chi connectivity index (χ4n) is 1.83. The van der Waals surface area contributed by atoms with Gasteiger partial charge in [-0.2, -0.15) is 4.98 Å². The first-order valence-electron chi connectivity index (χ1n) is 6.77. The van der Waals surface area contributed by atoms with Crippen LogP contribution < -0.4 is 31.0 Å². The van der Waals surface area contributed by atoms with Crippen molar-refractivity contribution in [3.05, 3.63) is 34.7 Å². The highest BCUT2D eigenvalue weighted by Crippen LogP contribution is 2.60. The summed E-state index contributed by atoms with van der Waals surface area (Å²) in [6.07, 6.45) is 0.689. The van der Waals surface area contributed by atoms with E-state index in [0.29, 0.717) is 10.8 Å². The van der Waals surface area contributed by atoms with E-state index in [9.17, 15) is 42.5 Å². The topological polar surface area (TPSA) is 241 Å². The molecule has 0 fully saturated rings. The zero-order chi connectivity index (χ0) is 21.3. The van der Waals surface area contributed by atoms with Gasteiger partial charge in [-0.05, 0) is 6.08 Å². The van der Waals surface area contributed by atoms with Crippen molar-refractivity contribution >= 4 is 29.3 Å². The van der Waals surface area contributed by atoms with Gasteiger partial charge in [0.05, 0.1) is 20.6 Å². The van der Waals surface area contributed by atoms with Crippen LogP contribution in [0, 0.1) is 5.82 Å². The average Bonchev–Trinajstić information content (AvgIpc) is 2.94. The Balaban J connectivity index is 1.96. The molecule has 0 spiro atoms. The van der Waals surface area contributed by atoms with Gasteiger partial charge in [0, 0.05) is 0 Å². The third kappa shape index (κ3) is 6.65. The monoisotopic (exact) mass is 463 g/mol. The number of nitrogens with two attached hydrogens (primary N) is 1. The van der Waals surface area contributed by atoms with Gasteiger partial charge in [-0.25, -0.2) is 13.5 Å². The number of phosphoric acid groups is 3. The van der Waals surface area contributed by atoms with Crippen LogP contribution in [0.25, 0.3) is 0 Å². The van der Waals surface area contributed by atoms with Crippen molar-refractivity contribution < 1.29 is 55.5 Å². The van der Waals surface area contributed by atoms with Gasteiger partial charge in [0.1, 0.15) is 6.10 Å². The summed E-state index contributed by atoms with van der Waals surface area (Å²) in [5.74, 6) is -1.66. The lowest BCUT2D eigenvalue weighted by molar-refractivity contribution is -0.339. The zero-order valence-electron chi connectivity index (χ0n) is 13.2. The lowest BCUT2D eigenvalue weighted by Gasteiger charge is -2.37. The smallest absolute Gasteiger partial charge is 0.352 e. The highest BCUT2D eigenvalue weighted by Gasteiger charge is 2.26. The summed E-state index contributed by atoms with van der Waals surface area (Å²) < 4.78 is 62.5. The Morgan fingerprint density at radius 1 is 1.18 bits per heavy atom. The normalized spacial score (nSPS) is 24.0. The van der Waals surface area contributed by atoms with Crippen LogP contribution >= 0.6 is 23.5 Å². The Hall–Kier alpha value is -1.28. The number of nitrogens with zero attached hydrogens (tertiary/aromatic N) is 2. The Morgan fingerprint density at radius 2 is 1.82 bits per heavy atom. The molecule has 0 aromatic carbocycles. The van der Waals surface area contributed by atoms with Gasteiger partial charge in [0.25, 0.3) is 15.6 Å². The fourth-order valence-corrected chi connectivity index (χ4v) is 4.70. The predicted molar refractivity (Wildman–Crippen MR) is 76.9 cm³/mol. The van der Waals surface area contributed by atoms with E-state index >= 15 is 0 Å². The van der Waals surface area contributed by atoms with Crippen LogP contribution in [0.4, 0.5) is 10.2 Å². The number of rotatable bonds is 8. The molecular weight excluding hydrogens is 454 g/mol. The van der Waals surface area contributed by atoms with E-state index < -0.39 is 59.7 Å². The molecule has 4 atom stereocenters. The summed E-state index contributed by atoms with van der Waals surface area (Å²) in [5, 5.41) is 0. The maximum Gasteiger partial charge on any atom is 0.352 e. The summed E-state index contributed by atoms with van der Waals surface area (Å²) >= 11 is 0. The van der Waals surface area contributed by atoms with Crippen molar-refractivity contribution in [1.82, 2.24) is 9.55 Å². The van der Waals surface area contributed by atoms with Crippen LogP contribution in [0.3, 0.4) is 0 Å². The van der Waals surface area contributed by atoms with E-state index in [-0.39, 0.29) is 0 Å². The number of ether oxygens (including phenoxy) is 1. The first kappa shape index (κ1) is 23.0. The molecule has 19 heteroatoms. The van der Waals surface area contributed by atoms with Crippen molar-refractivity contribution in [3.63, 3.8) is 0 Å². The molecule has 1 aromatic rings. The lowest BCUT2D eigenvalue weighted by atomic mass is 10.4. The second-order valence-corrected chi connectivity index (χ2v) is 9.16. The lowest BCUT2D eigenvalue weighted by Crippen LogP contribution is -2.29. The molecule has 0 amide bonds. The van der Waals surface area contributed by atoms with E-state index in [2.05, 4.69) is 18.1 Å². The largest absolute Gasteiger partial charge is 0.790 e. The van der Waals surface area contributed by atoms with Crippen LogP contribution in [0.5, 0.6) is 0 Å². The molecule has 15 nitrogen and oxygen atoms in total. The third-order valence-electron chi connectivity index (χ3n) is 2.81. The van der Waals surface area contributed by atoms with Crippen LogP contribution in [0.1, 0.15) is 6.23 Å². The molecule has 0 aliphatic carbocycles. The SMILES string of the molecule is Nc1nc(=O)n([C@@H]2C=C[C@H](COP(=O)([O-])OP(=O)([O-])OP(=O)([O-])[O-])O2)cc1F. The molecule has 0 saturated carbocycles. The zero-order valence-corrected chi connectivity index (χ0v) is 15.9. The van der Waals surface area contributed by atoms with Gasteiger partial charge in [0.15, 0.2) is 17.9 Å². The second-order valence-electron chi connectivity index (χ2n) is 4.91. The Kier molecular flexibility index (Phi) is 6.76. The number of hydrogen-bond donors (Lipinski definition) is 1. The summed E-state index contributed by atoms with van der Waals surface area (Å²) in [4.78, 5) is 57.7. The maximum atomic E-state index is 13.4. The average molecular weight is 463 g/mol. The quantitative estimate of drug-likeness (QED) is 0.303. The molecule has 1 aliphatic heterocycles. The van der Waals surface area contributed by atoms with E-state index in [1.165, 1.54) is 12.2 Å². The van der Waals surface area contributed by atoms with Gasteiger partial charge in [-0.15, -0.1) is 0 Å². The van der Waals surface area contributed by atoms with Crippen LogP contribution in [0.15, 0.2) is 23.1 Å². The molecule has 28 heavy (non-hydrogen) atoms. The van der Waals surface area contributed by atoms with E-state index in [1.807, 2.05) is 0 Å². The Bertz CT molecular complexity index is 975. The summed E-state index contributed by atoms with van der Waals surface area (Å²) in [7, 11) is -17.9. The molecule has 0 radical (unpaired) electrons. The molecule has 2 heterocycles. The highest BCUT2D eigenvalue weighted by molar-refractivity contribution is 7.64. The van der Waals surface area contributed by atoms with Gasteiger partial charge in [-0.3, -0.25) is 18.0 Å². The van der Waals surface area contributed by atoms with E-state index in [4.69, 9.17) is 10.5 Å². The van der Waals surface area contributed by atoms with E-state index in [0.717, 1.165) is 0 Å². The molecule has 1 aliphatic rings. The van der Waals surface area contributed by atoms with Gasteiger partial charge < -0.3 is 39.1 Å². The number of anilines is 1. The van der Waals surface area contributed by atoms with Crippen molar-refractivity contribution in [2.75, 3.05) is 12.3 Å². The van der Waals surface area contributed by atoms with Gasteiger partial charge >= 0.3 is 5.69 Å². The minimum Gasteiger partial charge on any atom is -0.790 e. The van der Waals surface area contributed by atoms with Crippen molar-refractivity contribution in [2.24, 2.45) is 0 Å². The number of aromatic nitrogens is 2. The summed E-state index contributed by atoms with van der Waals surface area (Å²) in [6.45, 7) is -0.889. The van der Waals surface area contributed by atoms with Crippen LogP contribution in [0.2, 0.25) is 0 Å². The fraction of sp³-hybridized carbons (Fsp3) is 0.333. The van der Waals surface area contributed by atoms with Crippen LogP contribution in [-0.2, 0) is 31.6 Å². The number of phosphoric ester groups is 1. The predicted octanol–water partition coefficient (Wildman–Crippen LogP) is -2.77. The molecule has 2 unspecified atom stereocenters. The number of hydrogen-bond acceptors (Lipinski definition) is 14. The number of halogens is 1. The standard InChI is InChI=1S/C9H13FN3O12P3/c10-6-3-13(9(14)12-8(6)11)7-2-1-5(23-7)4-22-27(18,19)25-28(20,21)24-26(15,16)17/h1-3,5,7H,4H2,(H,18,19)(H,20,21)(H2,11,12,14)(H2,15,16,17)/p-4/t5-,7+/m1/s1. The Labute approximate surface area is 154 Å². The second kappa shape index (κ2) is 8.22. The van der Waals surface area contributed by atoms with Crippen molar-refractivity contribution in [3.8, 4) is 0 Å². The summed E-state index contributed by atoms with van der Waals surface area (Å²) in [6, 6.07) is 0. The van der Waals surface area contributed by atoms with Crippen molar-refractivity contribution in [1.29, 1.82) is 0 Å². The maximum absolute atomic E-state index is 13.4.